The Morgan fingerprint density at radius 3 is 2.27 bits per heavy atom. The molecule has 0 saturated heterocycles. The lowest BCUT2D eigenvalue weighted by molar-refractivity contribution is 0.475. The van der Waals surface area contributed by atoms with Crippen molar-refractivity contribution in [2.75, 3.05) is 11.9 Å². The van der Waals surface area contributed by atoms with E-state index < -0.39 is 0 Å². The highest BCUT2D eigenvalue weighted by Gasteiger charge is 2.01. The van der Waals surface area contributed by atoms with Crippen LogP contribution in [0.3, 0.4) is 0 Å². The minimum atomic E-state index is 0.291. The molecular weight excluding hydrogens is 292 g/mol. The minimum absolute atomic E-state index is 0.291. The molecule has 0 saturated carbocycles. The third-order valence-corrected chi connectivity index (χ3v) is 3.72. The molecular formula is C18H22N2OS. The van der Waals surface area contributed by atoms with E-state index in [0.29, 0.717) is 16.8 Å². The second-order valence-electron chi connectivity index (χ2n) is 5.57. The summed E-state index contributed by atoms with van der Waals surface area (Å²) in [5.41, 5.74) is 3.47. The average Bonchev–Trinajstić information content (AvgIpc) is 2.50. The minimum Gasteiger partial charge on any atom is -0.508 e. The van der Waals surface area contributed by atoms with Gasteiger partial charge in [0.25, 0.3) is 0 Å². The van der Waals surface area contributed by atoms with Gasteiger partial charge in [-0.15, -0.1) is 0 Å². The molecule has 0 heterocycles. The van der Waals surface area contributed by atoms with Crippen LogP contribution in [0.25, 0.3) is 0 Å². The summed E-state index contributed by atoms with van der Waals surface area (Å²) < 4.78 is 0. The second-order valence-corrected chi connectivity index (χ2v) is 5.98. The van der Waals surface area contributed by atoms with Gasteiger partial charge >= 0.3 is 0 Å². The first-order chi connectivity index (χ1) is 10.5. The standard InChI is InChI=1S/C18H22N2OS/c1-13(2)15-5-7-16(8-6-15)20-18(22)19-12-11-14-3-9-17(21)10-4-14/h3-10,13,21H,11-12H2,1-2H3,(H2,19,20,22). The van der Waals surface area contributed by atoms with E-state index in [1.54, 1.807) is 12.1 Å². The molecule has 0 unspecified atom stereocenters. The van der Waals surface area contributed by atoms with Gasteiger partial charge in [0.2, 0.25) is 0 Å². The summed E-state index contributed by atoms with van der Waals surface area (Å²) in [5, 5.41) is 16.2. The maximum atomic E-state index is 9.24. The van der Waals surface area contributed by atoms with E-state index in [1.165, 1.54) is 5.56 Å². The predicted molar refractivity (Wildman–Crippen MR) is 96.6 cm³/mol. The number of anilines is 1. The van der Waals surface area contributed by atoms with Crippen molar-refractivity contribution in [1.29, 1.82) is 0 Å². The molecule has 2 rings (SSSR count). The molecule has 0 aliphatic carbocycles. The Labute approximate surface area is 137 Å². The lowest BCUT2D eigenvalue weighted by atomic mass is 10.0. The maximum absolute atomic E-state index is 9.24. The van der Waals surface area contributed by atoms with Gasteiger partial charge in [-0.1, -0.05) is 38.1 Å². The van der Waals surface area contributed by atoms with Gasteiger partial charge in [0.1, 0.15) is 5.75 Å². The van der Waals surface area contributed by atoms with Crippen molar-refractivity contribution >= 4 is 23.0 Å². The van der Waals surface area contributed by atoms with Gasteiger partial charge in [0.05, 0.1) is 0 Å². The van der Waals surface area contributed by atoms with E-state index in [4.69, 9.17) is 12.2 Å². The summed E-state index contributed by atoms with van der Waals surface area (Å²) in [5.74, 6) is 0.822. The molecule has 0 spiro atoms. The molecule has 4 heteroatoms. The molecule has 0 atom stereocenters. The Kier molecular flexibility index (Phi) is 5.78. The smallest absolute Gasteiger partial charge is 0.170 e. The van der Waals surface area contributed by atoms with Crippen LogP contribution in [0.2, 0.25) is 0 Å². The Balaban J connectivity index is 1.76. The van der Waals surface area contributed by atoms with Crippen molar-refractivity contribution < 1.29 is 5.11 Å². The maximum Gasteiger partial charge on any atom is 0.170 e. The van der Waals surface area contributed by atoms with Gasteiger partial charge in [-0.2, -0.15) is 0 Å². The summed E-state index contributed by atoms with van der Waals surface area (Å²) in [6, 6.07) is 15.5. The Hall–Kier alpha value is -2.07. The molecule has 0 amide bonds. The van der Waals surface area contributed by atoms with Crippen LogP contribution in [0.15, 0.2) is 48.5 Å². The fourth-order valence-electron chi connectivity index (χ4n) is 2.11. The van der Waals surface area contributed by atoms with Crippen molar-refractivity contribution in [2.24, 2.45) is 0 Å². The molecule has 0 radical (unpaired) electrons. The van der Waals surface area contributed by atoms with Crippen LogP contribution >= 0.6 is 12.2 Å². The number of hydrogen-bond donors (Lipinski definition) is 3. The molecule has 22 heavy (non-hydrogen) atoms. The highest BCUT2D eigenvalue weighted by atomic mass is 32.1. The van der Waals surface area contributed by atoms with Crippen molar-refractivity contribution in [3.63, 3.8) is 0 Å². The zero-order chi connectivity index (χ0) is 15.9. The number of benzene rings is 2. The molecule has 0 aliphatic rings. The fraction of sp³-hybridized carbons (Fsp3) is 0.278. The van der Waals surface area contributed by atoms with E-state index in [1.807, 2.05) is 24.3 Å². The zero-order valence-electron chi connectivity index (χ0n) is 13.0. The van der Waals surface area contributed by atoms with Crippen LogP contribution in [-0.2, 0) is 6.42 Å². The number of aromatic hydroxyl groups is 1. The van der Waals surface area contributed by atoms with Gasteiger partial charge in [-0.25, -0.2) is 0 Å². The zero-order valence-corrected chi connectivity index (χ0v) is 13.8. The fourth-order valence-corrected chi connectivity index (χ4v) is 2.33. The van der Waals surface area contributed by atoms with E-state index in [0.717, 1.165) is 24.2 Å². The van der Waals surface area contributed by atoms with Crippen LogP contribution in [-0.4, -0.2) is 16.8 Å². The average molecular weight is 314 g/mol. The largest absolute Gasteiger partial charge is 0.508 e. The van der Waals surface area contributed by atoms with Crippen LogP contribution in [0, 0.1) is 0 Å². The molecule has 0 bridgehead atoms. The topological polar surface area (TPSA) is 44.3 Å². The Bertz CT molecular complexity index is 606. The van der Waals surface area contributed by atoms with Crippen molar-refractivity contribution in [3.05, 3.63) is 59.7 Å². The third-order valence-electron chi connectivity index (χ3n) is 3.47. The predicted octanol–water partition coefficient (Wildman–Crippen LogP) is 4.04. The molecule has 3 N–H and O–H groups in total. The number of rotatable bonds is 5. The van der Waals surface area contributed by atoms with Crippen LogP contribution in [0.1, 0.15) is 30.9 Å². The molecule has 0 aliphatic heterocycles. The molecule has 2 aromatic rings. The van der Waals surface area contributed by atoms with Crippen molar-refractivity contribution in [1.82, 2.24) is 5.32 Å². The van der Waals surface area contributed by atoms with Gasteiger partial charge < -0.3 is 15.7 Å². The summed E-state index contributed by atoms with van der Waals surface area (Å²) in [6.07, 6.45) is 0.856. The number of nitrogens with one attached hydrogen (secondary N) is 2. The van der Waals surface area contributed by atoms with Gasteiger partial charge in [0.15, 0.2) is 5.11 Å². The summed E-state index contributed by atoms with van der Waals surface area (Å²) in [4.78, 5) is 0. The van der Waals surface area contributed by atoms with Crippen molar-refractivity contribution in [2.45, 2.75) is 26.2 Å². The highest BCUT2D eigenvalue weighted by Crippen LogP contribution is 2.17. The highest BCUT2D eigenvalue weighted by molar-refractivity contribution is 7.80. The normalized spacial score (nSPS) is 10.5. The van der Waals surface area contributed by atoms with E-state index in [-0.39, 0.29) is 0 Å². The molecule has 0 aromatic heterocycles. The number of phenolic OH excluding ortho intramolecular Hbond substituents is 1. The number of thiocarbonyl (C=S) groups is 1. The Morgan fingerprint density at radius 1 is 1.05 bits per heavy atom. The number of phenols is 1. The monoisotopic (exact) mass is 314 g/mol. The Morgan fingerprint density at radius 2 is 1.68 bits per heavy atom. The lowest BCUT2D eigenvalue weighted by Gasteiger charge is -2.12. The second kappa shape index (κ2) is 7.80. The third kappa shape index (κ3) is 5.04. The number of hydrogen-bond acceptors (Lipinski definition) is 2. The lowest BCUT2D eigenvalue weighted by Crippen LogP contribution is -2.30. The van der Waals surface area contributed by atoms with Gasteiger partial charge in [0, 0.05) is 12.2 Å². The molecule has 116 valence electrons. The summed E-state index contributed by atoms with van der Waals surface area (Å²) in [7, 11) is 0. The van der Waals surface area contributed by atoms with Crippen LogP contribution in [0.5, 0.6) is 5.75 Å². The molecule has 0 fully saturated rings. The van der Waals surface area contributed by atoms with Crippen LogP contribution < -0.4 is 10.6 Å². The van der Waals surface area contributed by atoms with Gasteiger partial charge in [-0.3, -0.25) is 0 Å². The molecule has 2 aromatic carbocycles. The quantitative estimate of drug-likeness (QED) is 0.729. The SMILES string of the molecule is CC(C)c1ccc(NC(=S)NCCc2ccc(O)cc2)cc1. The summed E-state index contributed by atoms with van der Waals surface area (Å²) in [6.45, 7) is 5.11. The van der Waals surface area contributed by atoms with Gasteiger partial charge in [-0.05, 0) is 59.9 Å². The van der Waals surface area contributed by atoms with E-state index in [9.17, 15) is 5.11 Å². The summed E-state index contributed by atoms with van der Waals surface area (Å²) >= 11 is 5.29. The van der Waals surface area contributed by atoms with E-state index in [2.05, 4.69) is 36.6 Å². The first kappa shape index (κ1) is 16.3. The molecule has 3 nitrogen and oxygen atoms in total. The first-order valence-corrected chi connectivity index (χ1v) is 7.88. The first-order valence-electron chi connectivity index (χ1n) is 7.47. The van der Waals surface area contributed by atoms with Crippen LogP contribution in [0.4, 0.5) is 5.69 Å². The van der Waals surface area contributed by atoms with E-state index >= 15 is 0 Å². The van der Waals surface area contributed by atoms with Crippen molar-refractivity contribution in [3.8, 4) is 5.75 Å².